The quantitative estimate of drug-likeness (QED) is 0.395. The first kappa shape index (κ1) is 17.0. The third-order valence-electron chi connectivity index (χ3n) is 3.88. The number of hydrogen-bond donors (Lipinski definition) is 0. The second-order valence-corrected chi connectivity index (χ2v) is 5.63. The number of carbonyl (C=O) groups is 1. The van der Waals surface area contributed by atoms with Crippen LogP contribution in [0.1, 0.15) is 37.3 Å². The standard InChI is InChI=1S/C21H24O2/c1-3-4-5-6-17-7-12-19(13-8-17)20-14-9-18(10-15-20)11-16-21(22)23-2/h7-16H,3-6H2,1-2H3/b16-11+. The molecule has 2 aromatic rings. The molecule has 0 aliphatic carbocycles. The molecule has 0 N–H and O–H groups in total. The zero-order valence-electron chi connectivity index (χ0n) is 13.9. The number of esters is 1. The fourth-order valence-electron chi connectivity index (χ4n) is 2.46. The van der Waals surface area contributed by atoms with Crippen LogP contribution < -0.4 is 0 Å². The molecular weight excluding hydrogens is 284 g/mol. The molecule has 0 heterocycles. The fraction of sp³-hybridized carbons (Fsp3) is 0.286. The second-order valence-electron chi connectivity index (χ2n) is 5.63. The molecule has 0 bridgehead atoms. The van der Waals surface area contributed by atoms with Crippen molar-refractivity contribution in [2.24, 2.45) is 0 Å². The van der Waals surface area contributed by atoms with Gasteiger partial charge in [-0.25, -0.2) is 4.79 Å². The number of aryl methyl sites for hydroxylation is 1. The third-order valence-corrected chi connectivity index (χ3v) is 3.88. The summed E-state index contributed by atoms with van der Waals surface area (Å²) >= 11 is 0. The summed E-state index contributed by atoms with van der Waals surface area (Å²) in [7, 11) is 1.38. The van der Waals surface area contributed by atoms with Gasteiger partial charge in [0.05, 0.1) is 7.11 Å². The predicted molar refractivity (Wildman–Crippen MR) is 96.2 cm³/mol. The van der Waals surface area contributed by atoms with Crippen molar-refractivity contribution in [2.45, 2.75) is 32.6 Å². The molecule has 0 saturated carbocycles. The number of carbonyl (C=O) groups excluding carboxylic acids is 1. The minimum absolute atomic E-state index is 0.340. The Morgan fingerprint density at radius 3 is 2.13 bits per heavy atom. The highest BCUT2D eigenvalue weighted by Gasteiger charge is 1.99. The van der Waals surface area contributed by atoms with Gasteiger partial charge in [0, 0.05) is 6.08 Å². The van der Waals surface area contributed by atoms with Crippen LogP contribution in [0.15, 0.2) is 54.6 Å². The van der Waals surface area contributed by atoms with Crippen LogP contribution in [0, 0.1) is 0 Å². The van der Waals surface area contributed by atoms with Crippen molar-refractivity contribution >= 4 is 12.0 Å². The van der Waals surface area contributed by atoms with E-state index in [1.807, 2.05) is 12.1 Å². The Bertz CT molecular complexity index is 637. The van der Waals surface area contributed by atoms with Crippen LogP contribution in [0.25, 0.3) is 17.2 Å². The molecule has 0 aliphatic rings. The molecule has 0 unspecified atom stereocenters. The average molecular weight is 308 g/mol. The summed E-state index contributed by atoms with van der Waals surface area (Å²) in [5.41, 5.74) is 4.78. The lowest BCUT2D eigenvalue weighted by Crippen LogP contribution is -1.93. The molecule has 23 heavy (non-hydrogen) atoms. The summed E-state index contributed by atoms with van der Waals surface area (Å²) in [5.74, 6) is -0.340. The first-order valence-corrected chi connectivity index (χ1v) is 8.18. The van der Waals surface area contributed by atoms with Crippen molar-refractivity contribution in [2.75, 3.05) is 7.11 Å². The summed E-state index contributed by atoms with van der Waals surface area (Å²) in [4.78, 5) is 11.1. The van der Waals surface area contributed by atoms with Crippen LogP contribution in [0.2, 0.25) is 0 Å². The summed E-state index contributed by atoms with van der Waals surface area (Å²) in [6, 6.07) is 17.0. The maximum absolute atomic E-state index is 11.1. The van der Waals surface area contributed by atoms with Crippen molar-refractivity contribution in [3.8, 4) is 11.1 Å². The Balaban J connectivity index is 2.01. The molecule has 120 valence electrons. The van der Waals surface area contributed by atoms with Gasteiger partial charge in [0.25, 0.3) is 0 Å². The van der Waals surface area contributed by atoms with E-state index in [4.69, 9.17) is 0 Å². The maximum atomic E-state index is 11.1. The van der Waals surface area contributed by atoms with E-state index in [9.17, 15) is 4.79 Å². The first-order valence-electron chi connectivity index (χ1n) is 8.18. The highest BCUT2D eigenvalue weighted by molar-refractivity contribution is 5.87. The zero-order chi connectivity index (χ0) is 16.5. The summed E-state index contributed by atoms with van der Waals surface area (Å²) in [6.45, 7) is 2.23. The van der Waals surface area contributed by atoms with Crippen LogP contribution in [0.4, 0.5) is 0 Å². The van der Waals surface area contributed by atoms with Crippen LogP contribution >= 0.6 is 0 Å². The van der Waals surface area contributed by atoms with Crippen molar-refractivity contribution < 1.29 is 9.53 Å². The highest BCUT2D eigenvalue weighted by Crippen LogP contribution is 2.21. The first-order chi connectivity index (χ1) is 11.2. The Morgan fingerprint density at radius 1 is 0.957 bits per heavy atom. The van der Waals surface area contributed by atoms with Gasteiger partial charge in [-0.2, -0.15) is 0 Å². The molecule has 0 saturated heterocycles. The molecule has 0 amide bonds. The Morgan fingerprint density at radius 2 is 1.57 bits per heavy atom. The van der Waals surface area contributed by atoms with Crippen molar-refractivity contribution in [3.63, 3.8) is 0 Å². The number of hydrogen-bond acceptors (Lipinski definition) is 2. The maximum Gasteiger partial charge on any atom is 0.330 e. The van der Waals surface area contributed by atoms with E-state index in [1.165, 1.54) is 49.1 Å². The lowest BCUT2D eigenvalue weighted by atomic mass is 10.0. The van der Waals surface area contributed by atoms with E-state index < -0.39 is 0 Å². The van der Waals surface area contributed by atoms with Gasteiger partial charge in [-0.05, 0) is 41.2 Å². The molecule has 0 spiro atoms. The normalized spacial score (nSPS) is 10.9. The lowest BCUT2D eigenvalue weighted by molar-refractivity contribution is -0.134. The summed E-state index contributed by atoms with van der Waals surface area (Å²) in [5, 5.41) is 0. The number of rotatable bonds is 7. The number of ether oxygens (including phenoxy) is 1. The molecule has 2 heteroatoms. The van der Waals surface area contributed by atoms with Crippen LogP contribution in [-0.4, -0.2) is 13.1 Å². The molecule has 0 atom stereocenters. The molecule has 2 nitrogen and oxygen atoms in total. The van der Waals surface area contributed by atoms with Gasteiger partial charge in [0.2, 0.25) is 0 Å². The SMILES string of the molecule is CCCCCc1ccc(-c2ccc(/C=C/C(=O)OC)cc2)cc1. The van der Waals surface area contributed by atoms with Crippen LogP contribution in [-0.2, 0) is 16.0 Å². The van der Waals surface area contributed by atoms with Gasteiger partial charge in [0.15, 0.2) is 0 Å². The van der Waals surface area contributed by atoms with E-state index in [0.717, 1.165) is 12.0 Å². The Hall–Kier alpha value is -2.35. The summed E-state index contributed by atoms with van der Waals surface area (Å²) < 4.78 is 4.59. The van der Waals surface area contributed by atoms with E-state index in [0.29, 0.717) is 0 Å². The second kappa shape index (κ2) is 8.94. The van der Waals surface area contributed by atoms with Gasteiger partial charge in [-0.1, -0.05) is 68.3 Å². The van der Waals surface area contributed by atoms with Gasteiger partial charge in [0.1, 0.15) is 0 Å². The number of benzene rings is 2. The molecule has 0 radical (unpaired) electrons. The van der Waals surface area contributed by atoms with Crippen LogP contribution in [0.5, 0.6) is 0 Å². The minimum Gasteiger partial charge on any atom is -0.466 e. The van der Waals surface area contributed by atoms with Gasteiger partial charge in [-0.15, -0.1) is 0 Å². The largest absolute Gasteiger partial charge is 0.466 e. The smallest absolute Gasteiger partial charge is 0.330 e. The number of unbranched alkanes of at least 4 members (excludes halogenated alkanes) is 2. The van der Waals surface area contributed by atoms with Gasteiger partial charge in [-0.3, -0.25) is 0 Å². The topological polar surface area (TPSA) is 26.3 Å². The Kier molecular flexibility index (Phi) is 6.61. The zero-order valence-corrected chi connectivity index (χ0v) is 13.9. The molecule has 0 aromatic heterocycles. The Labute approximate surface area is 138 Å². The van der Waals surface area contributed by atoms with Crippen molar-refractivity contribution in [1.82, 2.24) is 0 Å². The average Bonchev–Trinajstić information content (AvgIpc) is 2.61. The van der Waals surface area contributed by atoms with Gasteiger partial charge >= 0.3 is 5.97 Å². The molecule has 2 aromatic carbocycles. The van der Waals surface area contributed by atoms with Crippen molar-refractivity contribution in [3.05, 3.63) is 65.7 Å². The van der Waals surface area contributed by atoms with Gasteiger partial charge < -0.3 is 4.74 Å². The third kappa shape index (κ3) is 5.41. The lowest BCUT2D eigenvalue weighted by Gasteiger charge is -2.05. The van der Waals surface area contributed by atoms with Crippen molar-refractivity contribution in [1.29, 1.82) is 0 Å². The molecular formula is C21H24O2. The summed E-state index contributed by atoms with van der Waals surface area (Å²) in [6.07, 6.45) is 8.16. The number of methoxy groups -OCH3 is 1. The molecule has 0 aliphatic heterocycles. The van der Waals surface area contributed by atoms with E-state index in [1.54, 1.807) is 6.08 Å². The van der Waals surface area contributed by atoms with E-state index in [-0.39, 0.29) is 5.97 Å². The van der Waals surface area contributed by atoms with Crippen LogP contribution in [0.3, 0.4) is 0 Å². The molecule has 2 rings (SSSR count). The monoisotopic (exact) mass is 308 g/mol. The fourth-order valence-corrected chi connectivity index (χ4v) is 2.46. The minimum atomic E-state index is -0.340. The predicted octanol–water partition coefficient (Wildman–Crippen LogP) is 5.27. The highest BCUT2D eigenvalue weighted by atomic mass is 16.5. The van der Waals surface area contributed by atoms with E-state index >= 15 is 0 Å². The van der Waals surface area contributed by atoms with E-state index in [2.05, 4.69) is 48.1 Å². The molecule has 0 fully saturated rings.